The van der Waals surface area contributed by atoms with E-state index in [0.717, 1.165) is 16.8 Å². The quantitative estimate of drug-likeness (QED) is 0.802. The summed E-state index contributed by atoms with van der Waals surface area (Å²) in [4.78, 5) is 14.1. The van der Waals surface area contributed by atoms with Gasteiger partial charge in [-0.1, -0.05) is 41.9 Å². The van der Waals surface area contributed by atoms with Gasteiger partial charge < -0.3 is 10.2 Å². The molecule has 0 aromatic heterocycles. The normalized spacial score (nSPS) is 17.5. The van der Waals surface area contributed by atoms with Crippen LogP contribution in [0.15, 0.2) is 59.1 Å². The van der Waals surface area contributed by atoms with E-state index < -0.39 is 12.1 Å². The van der Waals surface area contributed by atoms with Crippen molar-refractivity contribution in [2.75, 3.05) is 4.90 Å². The van der Waals surface area contributed by atoms with Crippen LogP contribution in [-0.2, 0) is 4.79 Å². The number of nitrogens with zero attached hydrogens (tertiary/aromatic N) is 2. The average molecular weight is 356 g/mol. The zero-order valence-electron chi connectivity index (χ0n) is 12.8. The molecule has 1 aliphatic heterocycles. The van der Waals surface area contributed by atoms with Gasteiger partial charge in [-0.3, -0.25) is 4.79 Å². The minimum absolute atomic E-state index is 0.00759. The van der Waals surface area contributed by atoms with Gasteiger partial charge in [-0.05, 0) is 36.2 Å². The summed E-state index contributed by atoms with van der Waals surface area (Å²) >= 11 is 10.4. The summed E-state index contributed by atoms with van der Waals surface area (Å²) in [6, 6.07) is 16.9. The molecular formula is C18H14ClN3OS. The fourth-order valence-electron chi connectivity index (χ4n) is 2.67. The summed E-state index contributed by atoms with van der Waals surface area (Å²) in [5.74, 6) is -0.438. The second kappa shape index (κ2) is 6.60. The molecule has 1 heterocycles. The highest BCUT2D eigenvalue weighted by Crippen LogP contribution is 2.37. The van der Waals surface area contributed by atoms with Crippen LogP contribution in [0.25, 0.3) is 0 Å². The Morgan fingerprint density at radius 2 is 1.88 bits per heavy atom. The molecule has 24 heavy (non-hydrogen) atoms. The molecule has 0 spiro atoms. The first-order valence-electron chi connectivity index (χ1n) is 7.27. The Morgan fingerprint density at radius 1 is 1.21 bits per heavy atom. The predicted molar refractivity (Wildman–Crippen MR) is 97.6 cm³/mol. The molecule has 1 amide bonds. The van der Waals surface area contributed by atoms with Gasteiger partial charge in [0, 0.05) is 10.7 Å². The maximum absolute atomic E-state index is 12.3. The van der Waals surface area contributed by atoms with E-state index in [0.29, 0.717) is 10.1 Å². The van der Waals surface area contributed by atoms with Crippen molar-refractivity contribution in [1.82, 2.24) is 5.32 Å². The van der Waals surface area contributed by atoms with E-state index >= 15 is 0 Å². The first kappa shape index (κ1) is 16.4. The van der Waals surface area contributed by atoms with E-state index in [2.05, 4.69) is 17.9 Å². The van der Waals surface area contributed by atoms with Crippen molar-refractivity contribution in [2.24, 2.45) is 0 Å². The zero-order valence-corrected chi connectivity index (χ0v) is 14.5. The van der Waals surface area contributed by atoms with Crippen LogP contribution in [0.4, 0.5) is 5.69 Å². The highest BCUT2D eigenvalue weighted by Gasteiger charge is 2.34. The number of halogens is 1. The number of carbonyl (C=O) groups is 1. The average Bonchev–Trinajstić information content (AvgIpc) is 2.57. The summed E-state index contributed by atoms with van der Waals surface area (Å²) < 4.78 is 0. The molecule has 2 aromatic rings. The van der Waals surface area contributed by atoms with Crippen molar-refractivity contribution in [3.05, 3.63) is 75.3 Å². The fourth-order valence-corrected chi connectivity index (χ4v) is 3.17. The van der Waals surface area contributed by atoms with Crippen LogP contribution in [0.1, 0.15) is 17.3 Å². The van der Waals surface area contributed by atoms with Crippen LogP contribution in [0.3, 0.4) is 0 Å². The molecule has 2 aromatic carbocycles. The van der Waals surface area contributed by atoms with E-state index in [4.69, 9.17) is 11.6 Å². The van der Waals surface area contributed by atoms with Crippen molar-refractivity contribution >= 4 is 35.8 Å². The van der Waals surface area contributed by atoms with E-state index in [1.165, 1.54) is 0 Å². The van der Waals surface area contributed by atoms with Gasteiger partial charge in [0.25, 0.3) is 5.91 Å². The Labute approximate surface area is 150 Å². The maximum Gasteiger partial charge on any atom is 0.266 e. The lowest BCUT2D eigenvalue weighted by atomic mass is 10.1. The molecule has 6 heteroatoms. The second-order valence-electron chi connectivity index (χ2n) is 5.39. The van der Waals surface area contributed by atoms with Crippen molar-refractivity contribution in [2.45, 2.75) is 13.1 Å². The number of carbonyl (C=O) groups excluding carboxylic acids is 1. The molecule has 0 saturated heterocycles. The molecule has 120 valence electrons. The standard InChI is InChI=1S/C18H14ClN3OS/c1-11-4-2-3-5-15(11)22-16(12-6-8-13(19)9-7-12)21-17(23)14(10-20)18(22)24/h2-9,16,24H,1H3,(H,21,23). The highest BCUT2D eigenvalue weighted by atomic mass is 35.5. The van der Waals surface area contributed by atoms with E-state index in [1.54, 1.807) is 12.1 Å². The van der Waals surface area contributed by atoms with E-state index in [1.807, 2.05) is 54.3 Å². The van der Waals surface area contributed by atoms with Crippen LogP contribution >= 0.6 is 24.2 Å². The summed E-state index contributed by atoms with van der Waals surface area (Å²) in [6.07, 6.45) is -0.472. The number of nitriles is 1. The number of benzene rings is 2. The van der Waals surface area contributed by atoms with Crippen molar-refractivity contribution in [3.63, 3.8) is 0 Å². The number of rotatable bonds is 2. The molecule has 0 fully saturated rings. The minimum atomic E-state index is -0.472. The van der Waals surface area contributed by atoms with Gasteiger partial charge >= 0.3 is 0 Å². The van der Waals surface area contributed by atoms with Gasteiger partial charge in [0.05, 0.1) is 5.03 Å². The van der Waals surface area contributed by atoms with Crippen molar-refractivity contribution < 1.29 is 4.79 Å². The molecule has 1 atom stereocenters. The smallest absolute Gasteiger partial charge is 0.266 e. The molecule has 0 aliphatic carbocycles. The number of para-hydroxylation sites is 1. The van der Waals surface area contributed by atoms with Gasteiger partial charge in [-0.25, -0.2) is 0 Å². The number of hydrogen-bond donors (Lipinski definition) is 2. The topological polar surface area (TPSA) is 56.1 Å². The van der Waals surface area contributed by atoms with Gasteiger partial charge in [0.15, 0.2) is 0 Å². The van der Waals surface area contributed by atoms with Crippen LogP contribution in [0.5, 0.6) is 0 Å². The summed E-state index contributed by atoms with van der Waals surface area (Å²) in [5, 5.41) is 13.1. The SMILES string of the molecule is Cc1ccccc1N1C(S)=C(C#N)C(=O)NC1c1ccc(Cl)cc1. The Hall–Kier alpha value is -2.42. The van der Waals surface area contributed by atoms with E-state index in [9.17, 15) is 10.1 Å². The fraction of sp³-hybridized carbons (Fsp3) is 0.111. The predicted octanol–water partition coefficient (Wildman–Crippen LogP) is 3.95. The third-order valence-electron chi connectivity index (χ3n) is 3.88. The molecular weight excluding hydrogens is 342 g/mol. The van der Waals surface area contributed by atoms with Gasteiger partial charge in [0.2, 0.25) is 0 Å². The number of hydrogen-bond acceptors (Lipinski definition) is 4. The number of amides is 1. The lowest BCUT2D eigenvalue weighted by Crippen LogP contribution is -2.46. The second-order valence-corrected chi connectivity index (χ2v) is 6.25. The molecule has 0 saturated carbocycles. The van der Waals surface area contributed by atoms with Crippen LogP contribution in [-0.4, -0.2) is 5.91 Å². The zero-order chi connectivity index (χ0) is 17.3. The monoisotopic (exact) mass is 355 g/mol. The third kappa shape index (κ3) is 2.86. The number of anilines is 1. The van der Waals surface area contributed by atoms with E-state index in [-0.39, 0.29) is 5.57 Å². The molecule has 0 radical (unpaired) electrons. The van der Waals surface area contributed by atoms with Gasteiger partial charge in [-0.15, -0.1) is 12.6 Å². The minimum Gasteiger partial charge on any atom is -0.327 e. The summed E-state index contributed by atoms with van der Waals surface area (Å²) in [6.45, 7) is 1.97. The van der Waals surface area contributed by atoms with Crippen LogP contribution < -0.4 is 10.2 Å². The maximum atomic E-state index is 12.3. The van der Waals surface area contributed by atoms with Gasteiger partial charge in [0.1, 0.15) is 17.8 Å². The molecule has 1 unspecified atom stereocenters. The molecule has 4 nitrogen and oxygen atoms in total. The lowest BCUT2D eigenvalue weighted by Gasteiger charge is -2.38. The van der Waals surface area contributed by atoms with Crippen molar-refractivity contribution in [1.29, 1.82) is 5.26 Å². The third-order valence-corrected chi connectivity index (χ3v) is 4.57. The highest BCUT2D eigenvalue weighted by molar-refractivity contribution is 7.84. The molecule has 1 aliphatic rings. The number of aryl methyl sites for hydroxylation is 1. The largest absolute Gasteiger partial charge is 0.327 e. The summed E-state index contributed by atoms with van der Waals surface area (Å²) in [7, 11) is 0. The van der Waals surface area contributed by atoms with Crippen LogP contribution in [0, 0.1) is 18.3 Å². The number of thiol groups is 1. The van der Waals surface area contributed by atoms with Crippen LogP contribution in [0.2, 0.25) is 5.02 Å². The Bertz CT molecular complexity index is 871. The molecule has 3 rings (SSSR count). The lowest BCUT2D eigenvalue weighted by molar-refractivity contribution is -0.118. The Balaban J connectivity index is 2.19. The Morgan fingerprint density at radius 3 is 2.50 bits per heavy atom. The molecule has 0 bridgehead atoms. The Kier molecular flexibility index (Phi) is 4.52. The summed E-state index contributed by atoms with van der Waals surface area (Å²) in [5.41, 5.74) is 2.72. The van der Waals surface area contributed by atoms with Crippen molar-refractivity contribution in [3.8, 4) is 6.07 Å². The number of nitrogens with one attached hydrogen (secondary N) is 1. The molecule has 1 N–H and O–H groups in total. The first-order valence-corrected chi connectivity index (χ1v) is 8.10. The first-order chi connectivity index (χ1) is 11.5. The van der Waals surface area contributed by atoms with Gasteiger partial charge in [-0.2, -0.15) is 5.26 Å².